The molecule has 0 amide bonds. The number of aromatic nitrogens is 2. The summed E-state index contributed by atoms with van der Waals surface area (Å²) in [6.45, 7) is 2.62. The highest BCUT2D eigenvalue weighted by Crippen LogP contribution is 2.14. The van der Waals surface area contributed by atoms with Gasteiger partial charge < -0.3 is 14.8 Å². The van der Waals surface area contributed by atoms with Gasteiger partial charge in [0.05, 0.1) is 12.7 Å². The molecule has 1 aromatic rings. The fourth-order valence-corrected chi connectivity index (χ4v) is 1.18. The van der Waals surface area contributed by atoms with Crippen molar-refractivity contribution in [3.05, 3.63) is 12.4 Å². The molecule has 1 aromatic heterocycles. The molecule has 0 radical (unpaired) electrons. The molecular weight excluding hydrogens is 263 g/mol. The van der Waals surface area contributed by atoms with Crippen molar-refractivity contribution in [1.82, 2.24) is 9.97 Å². The van der Waals surface area contributed by atoms with Crippen LogP contribution in [0.15, 0.2) is 12.4 Å². The van der Waals surface area contributed by atoms with Crippen molar-refractivity contribution in [2.45, 2.75) is 26.1 Å². The van der Waals surface area contributed by atoms with E-state index >= 15 is 0 Å². The zero-order valence-corrected chi connectivity index (χ0v) is 10.7. The van der Waals surface area contributed by atoms with Gasteiger partial charge in [-0.25, -0.2) is 9.97 Å². The highest BCUT2D eigenvalue weighted by atomic mass is 19.4. The van der Waals surface area contributed by atoms with E-state index in [-0.39, 0.29) is 19.3 Å². The third kappa shape index (κ3) is 7.45. The first-order valence-electron chi connectivity index (χ1n) is 5.74. The summed E-state index contributed by atoms with van der Waals surface area (Å²) in [5.74, 6) is 0.880. The standard InChI is InChI=1S/C11H16F3N3O2/c1-8(2)19-10-5-9(16-7-17-10)15-3-4-18-6-11(12,13)14/h5,7-8H,3-4,6H2,1-2H3,(H,15,16,17). The average molecular weight is 279 g/mol. The molecule has 0 saturated heterocycles. The lowest BCUT2D eigenvalue weighted by Crippen LogP contribution is -2.20. The summed E-state index contributed by atoms with van der Waals surface area (Å²) in [6.07, 6.45) is -3.00. The van der Waals surface area contributed by atoms with E-state index in [2.05, 4.69) is 20.0 Å². The smallest absolute Gasteiger partial charge is 0.411 e. The molecule has 0 saturated carbocycles. The van der Waals surface area contributed by atoms with Gasteiger partial charge in [-0.2, -0.15) is 13.2 Å². The minimum absolute atomic E-state index is 0.0159. The summed E-state index contributed by atoms with van der Waals surface area (Å²) in [5, 5.41) is 2.82. The maximum absolute atomic E-state index is 11.8. The Hall–Kier alpha value is -1.57. The highest BCUT2D eigenvalue weighted by molar-refractivity contribution is 5.36. The topological polar surface area (TPSA) is 56.3 Å². The summed E-state index contributed by atoms with van der Waals surface area (Å²) in [6, 6.07) is 1.57. The first kappa shape index (κ1) is 15.5. The zero-order chi connectivity index (χ0) is 14.3. The van der Waals surface area contributed by atoms with Gasteiger partial charge >= 0.3 is 6.18 Å². The normalized spacial score (nSPS) is 11.7. The first-order chi connectivity index (χ1) is 8.87. The van der Waals surface area contributed by atoms with Crippen LogP contribution >= 0.6 is 0 Å². The summed E-state index contributed by atoms with van der Waals surface area (Å²) in [5.41, 5.74) is 0. The van der Waals surface area contributed by atoms with Crippen LogP contribution in [0.5, 0.6) is 5.88 Å². The van der Waals surface area contributed by atoms with Crippen molar-refractivity contribution in [2.75, 3.05) is 25.1 Å². The molecule has 8 heteroatoms. The molecular formula is C11H16F3N3O2. The van der Waals surface area contributed by atoms with Crippen LogP contribution in [0, 0.1) is 0 Å². The molecule has 5 nitrogen and oxygen atoms in total. The lowest BCUT2D eigenvalue weighted by atomic mass is 10.4. The second-order valence-corrected chi connectivity index (χ2v) is 4.00. The van der Waals surface area contributed by atoms with Crippen LogP contribution in [-0.4, -0.2) is 42.0 Å². The minimum Gasteiger partial charge on any atom is -0.475 e. The average Bonchev–Trinajstić information content (AvgIpc) is 2.26. The maximum Gasteiger partial charge on any atom is 0.411 e. The number of halogens is 3. The van der Waals surface area contributed by atoms with E-state index in [9.17, 15) is 13.2 Å². The van der Waals surface area contributed by atoms with E-state index < -0.39 is 12.8 Å². The van der Waals surface area contributed by atoms with Crippen molar-refractivity contribution < 1.29 is 22.6 Å². The van der Waals surface area contributed by atoms with E-state index in [0.717, 1.165) is 0 Å². The van der Waals surface area contributed by atoms with Crippen LogP contribution in [0.25, 0.3) is 0 Å². The van der Waals surface area contributed by atoms with Gasteiger partial charge in [0, 0.05) is 12.6 Å². The summed E-state index contributed by atoms with van der Waals surface area (Å²) in [7, 11) is 0. The fourth-order valence-electron chi connectivity index (χ4n) is 1.18. The number of hydrogen-bond acceptors (Lipinski definition) is 5. The molecule has 0 spiro atoms. The van der Waals surface area contributed by atoms with Crippen molar-refractivity contribution in [1.29, 1.82) is 0 Å². The Bertz CT molecular complexity index is 386. The van der Waals surface area contributed by atoms with E-state index in [1.165, 1.54) is 6.33 Å². The lowest BCUT2D eigenvalue weighted by Gasteiger charge is -2.11. The first-order valence-corrected chi connectivity index (χ1v) is 5.74. The molecule has 0 bridgehead atoms. The van der Waals surface area contributed by atoms with Crippen LogP contribution in [0.2, 0.25) is 0 Å². The summed E-state index contributed by atoms with van der Waals surface area (Å²) >= 11 is 0. The van der Waals surface area contributed by atoms with Crippen molar-refractivity contribution in [3.63, 3.8) is 0 Å². The largest absolute Gasteiger partial charge is 0.475 e. The Labute approximate surface area is 109 Å². The number of nitrogens with one attached hydrogen (secondary N) is 1. The third-order valence-corrected chi connectivity index (χ3v) is 1.82. The molecule has 0 fully saturated rings. The molecule has 1 N–H and O–H groups in total. The number of ether oxygens (including phenoxy) is 2. The van der Waals surface area contributed by atoms with Crippen molar-refractivity contribution >= 4 is 5.82 Å². The van der Waals surface area contributed by atoms with Crippen molar-refractivity contribution in [2.24, 2.45) is 0 Å². The van der Waals surface area contributed by atoms with Gasteiger partial charge in [-0.15, -0.1) is 0 Å². The van der Waals surface area contributed by atoms with Crippen LogP contribution in [-0.2, 0) is 4.74 Å². The molecule has 1 heterocycles. The number of hydrogen-bond donors (Lipinski definition) is 1. The van der Waals surface area contributed by atoms with E-state index in [4.69, 9.17) is 4.74 Å². The third-order valence-electron chi connectivity index (χ3n) is 1.82. The van der Waals surface area contributed by atoms with Gasteiger partial charge in [-0.1, -0.05) is 0 Å². The Morgan fingerprint density at radius 3 is 2.68 bits per heavy atom. The van der Waals surface area contributed by atoms with Gasteiger partial charge in [0.1, 0.15) is 18.8 Å². The minimum atomic E-state index is -4.30. The second kappa shape index (κ2) is 7.13. The number of anilines is 1. The summed E-state index contributed by atoms with van der Waals surface area (Å²) < 4.78 is 45.2. The predicted octanol–water partition coefficient (Wildman–Crippen LogP) is 2.25. The number of rotatable bonds is 7. The SMILES string of the molecule is CC(C)Oc1cc(NCCOCC(F)(F)F)ncn1. The maximum atomic E-state index is 11.8. The molecule has 0 aliphatic carbocycles. The van der Waals surface area contributed by atoms with Gasteiger partial charge in [0.25, 0.3) is 0 Å². The Morgan fingerprint density at radius 1 is 1.32 bits per heavy atom. The quantitative estimate of drug-likeness (QED) is 0.776. The van der Waals surface area contributed by atoms with Crippen LogP contribution in [0.4, 0.5) is 19.0 Å². The zero-order valence-electron chi connectivity index (χ0n) is 10.7. The Balaban J connectivity index is 2.29. The number of alkyl halides is 3. The van der Waals surface area contributed by atoms with Gasteiger partial charge in [0.2, 0.25) is 5.88 Å². The van der Waals surface area contributed by atoms with Crippen LogP contribution in [0.3, 0.4) is 0 Å². The molecule has 0 aliphatic heterocycles. The summed E-state index contributed by atoms with van der Waals surface area (Å²) in [4.78, 5) is 7.82. The van der Waals surface area contributed by atoms with E-state index in [0.29, 0.717) is 11.7 Å². The van der Waals surface area contributed by atoms with Crippen LogP contribution in [0.1, 0.15) is 13.8 Å². The highest BCUT2D eigenvalue weighted by Gasteiger charge is 2.27. The molecule has 1 rings (SSSR count). The predicted molar refractivity (Wildman–Crippen MR) is 63.2 cm³/mol. The lowest BCUT2D eigenvalue weighted by molar-refractivity contribution is -0.172. The second-order valence-electron chi connectivity index (χ2n) is 4.00. The molecule has 0 unspecified atom stereocenters. The molecule has 108 valence electrons. The van der Waals surface area contributed by atoms with Gasteiger partial charge in [0.15, 0.2) is 0 Å². The van der Waals surface area contributed by atoms with E-state index in [1.54, 1.807) is 6.07 Å². The molecule has 0 aromatic carbocycles. The van der Waals surface area contributed by atoms with Gasteiger partial charge in [-0.3, -0.25) is 0 Å². The molecule has 0 aliphatic rings. The molecule has 19 heavy (non-hydrogen) atoms. The van der Waals surface area contributed by atoms with Crippen molar-refractivity contribution in [3.8, 4) is 5.88 Å². The Kier molecular flexibility index (Phi) is 5.81. The fraction of sp³-hybridized carbons (Fsp3) is 0.636. The monoisotopic (exact) mass is 279 g/mol. The van der Waals surface area contributed by atoms with Gasteiger partial charge in [-0.05, 0) is 13.8 Å². The van der Waals surface area contributed by atoms with Crippen LogP contribution < -0.4 is 10.1 Å². The Morgan fingerprint density at radius 2 is 2.05 bits per heavy atom. The van der Waals surface area contributed by atoms with E-state index in [1.807, 2.05) is 13.8 Å². The number of nitrogens with zero attached hydrogens (tertiary/aromatic N) is 2. The molecule has 0 atom stereocenters.